The van der Waals surface area contributed by atoms with Gasteiger partial charge in [-0.05, 0) is 31.5 Å². The zero-order chi connectivity index (χ0) is 15.3. The van der Waals surface area contributed by atoms with Gasteiger partial charge in [-0.3, -0.25) is 10.1 Å². The molecule has 6 heteroatoms. The van der Waals surface area contributed by atoms with Crippen molar-refractivity contribution in [2.45, 2.75) is 26.2 Å². The fourth-order valence-electron chi connectivity index (χ4n) is 1.68. The molecule has 1 N–H and O–H groups in total. The molecule has 1 rings (SSSR count). The van der Waals surface area contributed by atoms with Crippen LogP contribution in [0.25, 0.3) is 0 Å². The molecule has 0 aliphatic rings. The van der Waals surface area contributed by atoms with Gasteiger partial charge in [0.05, 0.1) is 4.92 Å². The number of hydrogen-bond acceptors (Lipinski definition) is 5. The van der Waals surface area contributed by atoms with Gasteiger partial charge in [-0.15, -0.1) is 0 Å². The predicted octanol–water partition coefficient (Wildman–Crippen LogP) is 2.77. The van der Waals surface area contributed by atoms with E-state index < -0.39 is 4.92 Å². The number of ether oxygens (including phenoxy) is 2. The summed E-state index contributed by atoms with van der Waals surface area (Å²) in [5.41, 5.74) is 0.0727. The lowest BCUT2D eigenvalue weighted by atomic mass is 10.3. The summed E-state index contributed by atoms with van der Waals surface area (Å²) in [6.07, 6.45) is 3.27. The first kappa shape index (κ1) is 17.4. The third-order valence-electron chi connectivity index (χ3n) is 2.88. The van der Waals surface area contributed by atoms with Crippen LogP contribution in [0.15, 0.2) is 24.3 Å². The van der Waals surface area contributed by atoms with Crippen molar-refractivity contribution in [1.29, 1.82) is 0 Å². The molecule has 0 saturated carbocycles. The van der Waals surface area contributed by atoms with Crippen molar-refractivity contribution in [1.82, 2.24) is 5.32 Å². The molecule has 0 aliphatic heterocycles. The first-order chi connectivity index (χ1) is 10.2. The monoisotopic (exact) mass is 296 g/mol. The van der Waals surface area contributed by atoms with Gasteiger partial charge in [0, 0.05) is 31.9 Å². The van der Waals surface area contributed by atoms with E-state index in [0.717, 1.165) is 45.6 Å². The molecule has 0 heterocycles. The number of benzene rings is 1. The van der Waals surface area contributed by atoms with Gasteiger partial charge in [-0.2, -0.15) is 0 Å². The van der Waals surface area contributed by atoms with Crippen LogP contribution in [0.4, 0.5) is 5.69 Å². The Balaban J connectivity index is 1.98. The topological polar surface area (TPSA) is 73.6 Å². The minimum absolute atomic E-state index is 0.0727. The van der Waals surface area contributed by atoms with E-state index in [9.17, 15) is 10.1 Å². The van der Waals surface area contributed by atoms with Crippen molar-refractivity contribution in [2.24, 2.45) is 0 Å². The molecule has 0 radical (unpaired) electrons. The maximum Gasteiger partial charge on any atom is 0.269 e. The van der Waals surface area contributed by atoms with E-state index in [0.29, 0.717) is 12.4 Å². The van der Waals surface area contributed by atoms with Crippen LogP contribution in [0.2, 0.25) is 0 Å². The molecule has 0 aliphatic carbocycles. The highest BCUT2D eigenvalue weighted by molar-refractivity contribution is 5.35. The molecule has 0 amide bonds. The maximum absolute atomic E-state index is 10.5. The van der Waals surface area contributed by atoms with Crippen molar-refractivity contribution in [3.8, 4) is 5.75 Å². The Morgan fingerprint density at radius 1 is 1.10 bits per heavy atom. The first-order valence-corrected chi connectivity index (χ1v) is 7.39. The third-order valence-corrected chi connectivity index (χ3v) is 2.88. The SMILES string of the molecule is CCCCOCCCNCCOc1ccc([N+](=O)[O-])cc1. The van der Waals surface area contributed by atoms with Crippen molar-refractivity contribution in [2.75, 3.05) is 32.9 Å². The second-order valence-corrected chi connectivity index (χ2v) is 4.67. The summed E-state index contributed by atoms with van der Waals surface area (Å²) < 4.78 is 10.9. The van der Waals surface area contributed by atoms with Crippen LogP contribution in [0, 0.1) is 10.1 Å². The number of unbranched alkanes of at least 4 members (excludes halogenated alkanes) is 1. The van der Waals surface area contributed by atoms with Gasteiger partial charge in [0.15, 0.2) is 0 Å². The first-order valence-electron chi connectivity index (χ1n) is 7.39. The van der Waals surface area contributed by atoms with E-state index in [-0.39, 0.29) is 5.69 Å². The lowest BCUT2D eigenvalue weighted by Gasteiger charge is -2.07. The highest BCUT2D eigenvalue weighted by Gasteiger charge is 2.03. The summed E-state index contributed by atoms with van der Waals surface area (Å²) in [7, 11) is 0. The smallest absolute Gasteiger partial charge is 0.269 e. The van der Waals surface area contributed by atoms with Crippen LogP contribution in [0.5, 0.6) is 5.75 Å². The van der Waals surface area contributed by atoms with Gasteiger partial charge in [0.25, 0.3) is 5.69 Å². The van der Waals surface area contributed by atoms with E-state index in [2.05, 4.69) is 12.2 Å². The highest BCUT2D eigenvalue weighted by atomic mass is 16.6. The Morgan fingerprint density at radius 3 is 2.48 bits per heavy atom. The Kier molecular flexibility index (Phi) is 9.15. The number of nitro groups is 1. The average molecular weight is 296 g/mol. The van der Waals surface area contributed by atoms with Crippen LogP contribution in [0.1, 0.15) is 26.2 Å². The molecule has 118 valence electrons. The Hall–Kier alpha value is -1.66. The summed E-state index contributed by atoms with van der Waals surface area (Å²) in [5.74, 6) is 0.644. The third kappa shape index (κ3) is 8.27. The van der Waals surface area contributed by atoms with E-state index in [1.54, 1.807) is 12.1 Å². The van der Waals surface area contributed by atoms with E-state index in [1.807, 2.05) is 0 Å². The second kappa shape index (κ2) is 11.0. The number of rotatable bonds is 12. The average Bonchev–Trinajstić information content (AvgIpc) is 2.49. The number of non-ortho nitro benzene ring substituents is 1. The van der Waals surface area contributed by atoms with Crippen molar-refractivity contribution in [3.63, 3.8) is 0 Å². The molecule has 1 aromatic rings. The molecular weight excluding hydrogens is 272 g/mol. The summed E-state index contributed by atoms with van der Waals surface area (Å²) in [4.78, 5) is 10.1. The summed E-state index contributed by atoms with van der Waals surface area (Å²) in [6.45, 7) is 5.96. The van der Waals surface area contributed by atoms with Gasteiger partial charge < -0.3 is 14.8 Å². The van der Waals surface area contributed by atoms with Crippen LogP contribution >= 0.6 is 0 Å². The number of nitrogens with zero attached hydrogens (tertiary/aromatic N) is 1. The Labute approximate surface area is 125 Å². The Bertz CT molecular complexity index is 395. The Morgan fingerprint density at radius 2 is 1.81 bits per heavy atom. The lowest BCUT2D eigenvalue weighted by molar-refractivity contribution is -0.384. The van der Waals surface area contributed by atoms with Gasteiger partial charge in [0.2, 0.25) is 0 Å². The summed E-state index contributed by atoms with van der Waals surface area (Å²) in [6, 6.07) is 6.10. The lowest BCUT2D eigenvalue weighted by Crippen LogP contribution is -2.23. The zero-order valence-electron chi connectivity index (χ0n) is 12.5. The molecule has 0 atom stereocenters. The molecule has 21 heavy (non-hydrogen) atoms. The molecule has 0 fully saturated rings. The molecular formula is C15H24N2O4. The molecule has 1 aromatic carbocycles. The van der Waals surface area contributed by atoms with Gasteiger partial charge >= 0.3 is 0 Å². The normalized spacial score (nSPS) is 10.5. The van der Waals surface area contributed by atoms with Crippen molar-refractivity contribution < 1.29 is 14.4 Å². The molecule has 0 spiro atoms. The van der Waals surface area contributed by atoms with Gasteiger partial charge in [-0.1, -0.05) is 13.3 Å². The second-order valence-electron chi connectivity index (χ2n) is 4.67. The van der Waals surface area contributed by atoms with E-state index in [4.69, 9.17) is 9.47 Å². The zero-order valence-corrected chi connectivity index (χ0v) is 12.5. The van der Waals surface area contributed by atoms with Crippen LogP contribution < -0.4 is 10.1 Å². The molecule has 6 nitrogen and oxygen atoms in total. The summed E-state index contributed by atoms with van der Waals surface area (Å²) in [5, 5.41) is 13.8. The largest absolute Gasteiger partial charge is 0.492 e. The summed E-state index contributed by atoms with van der Waals surface area (Å²) >= 11 is 0. The van der Waals surface area contributed by atoms with Crippen LogP contribution in [-0.2, 0) is 4.74 Å². The van der Waals surface area contributed by atoms with Gasteiger partial charge in [-0.25, -0.2) is 0 Å². The number of nitrogens with one attached hydrogen (secondary N) is 1. The molecule has 0 aromatic heterocycles. The minimum atomic E-state index is -0.423. The fraction of sp³-hybridized carbons (Fsp3) is 0.600. The maximum atomic E-state index is 10.5. The molecule has 0 unspecified atom stereocenters. The quantitative estimate of drug-likeness (QED) is 0.365. The number of nitro benzene ring substituents is 1. The van der Waals surface area contributed by atoms with E-state index in [1.165, 1.54) is 12.1 Å². The standard InChI is InChI=1S/C15H24N2O4/c1-2-3-11-20-12-4-9-16-10-13-21-15-7-5-14(6-8-15)17(18)19/h5-8,16H,2-4,9-13H2,1H3. The molecule has 0 saturated heterocycles. The fourth-order valence-corrected chi connectivity index (χ4v) is 1.68. The number of hydrogen-bond donors (Lipinski definition) is 1. The van der Waals surface area contributed by atoms with Crippen molar-refractivity contribution >= 4 is 5.69 Å². The molecule has 0 bridgehead atoms. The van der Waals surface area contributed by atoms with Crippen LogP contribution in [0.3, 0.4) is 0 Å². The minimum Gasteiger partial charge on any atom is -0.492 e. The van der Waals surface area contributed by atoms with Crippen molar-refractivity contribution in [3.05, 3.63) is 34.4 Å². The predicted molar refractivity (Wildman–Crippen MR) is 81.8 cm³/mol. The highest BCUT2D eigenvalue weighted by Crippen LogP contribution is 2.16. The van der Waals surface area contributed by atoms with Crippen LogP contribution in [-0.4, -0.2) is 37.8 Å². The van der Waals surface area contributed by atoms with E-state index >= 15 is 0 Å². The van der Waals surface area contributed by atoms with Gasteiger partial charge in [0.1, 0.15) is 12.4 Å².